The Bertz CT molecular complexity index is 1360. The molecular formula is C26H30N2O5S2. The largest absolute Gasteiger partial charge is 0.493 e. The molecule has 1 heterocycles. The number of amides is 1. The van der Waals surface area contributed by atoms with Gasteiger partial charge in [-0.15, -0.1) is 11.3 Å². The minimum atomic E-state index is -3.83. The van der Waals surface area contributed by atoms with E-state index in [9.17, 15) is 13.2 Å². The third kappa shape index (κ3) is 5.46. The molecule has 1 N–H and O–H groups in total. The maximum Gasteiger partial charge on any atom is 0.264 e. The Morgan fingerprint density at radius 1 is 1.06 bits per heavy atom. The van der Waals surface area contributed by atoms with Crippen LogP contribution in [0.2, 0.25) is 0 Å². The highest BCUT2D eigenvalue weighted by molar-refractivity contribution is 7.92. The first-order chi connectivity index (χ1) is 16.8. The number of benzene rings is 2. The fourth-order valence-electron chi connectivity index (χ4n) is 4.17. The molecule has 0 saturated heterocycles. The van der Waals surface area contributed by atoms with Gasteiger partial charge < -0.3 is 14.8 Å². The van der Waals surface area contributed by atoms with Crippen LogP contribution in [-0.2, 0) is 10.0 Å². The van der Waals surface area contributed by atoms with Crippen molar-refractivity contribution in [3.8, 4) is 11.5 Å². The number of fused-ring (bicyclic) bond motifs is 1. The molecule has 0 fully saturated rings. The van der Waals surface area contributed by atoms with Crippen molar-refractivity contribution < 1.29 is 22.7 Å². The summed E-state index contributed by atoms with van der Waals surface area (Å²) in [6, 6.07) is 11.7. The molecular weight excluding hydrogens is 484 g/mol. The van der Waals surface area contributed by atoms with E-state index in [4.69, 9.17) is 9.47 Å². The number of thiophene rings is 1. The maximum atomic E-state index is 13.3. The van der Waals surface area contributed by atoms with Crippen LogP contribution in [0.25, 0.3) is 10.1 Å². The van der Waals surface area contributed by atoms with Crippen molar-refractivity contribution in [2.24, 2.45) is 0 Å². The van der Waals surface area contributed by atoms with Crippen molar-refractivity contribution in [1.82, 2.24) is 5.32 Å². The van der Waals surface area contributed by atoms with Gasteiger partial charge in [0.1, 0.15) is 0 Å². The van der Waals surface area contributed by atoms with E-state index >= 15 is 0 Å². The molecule has 0 radical (unpaired) electrons. The Balaban J connectivity index is 1.50. The lowest BCUT2D eigenvalue weighted by Gasteiger charge is -2.20. The molecule has 186 valence electrons. The molecule has 0 unspecified atom stereocenters. The minimum absolute atomic E-state index is 0.0937. The second-order valence-electron chi connectivity index (χ2n) is 8.44. The van der Waals surface area contributed by atoms with E-state index in [-0.39, 0.29) is 10.8 Å². The molecule has 0 aliphatic heterocycles. The summed E-state index contributed by atoms with van der Waals surface area (Å²) in [5.74, 6) is 0.691. The van der Waals surface area contributed by atoms with E-state index in [0.717, 1.165) is 29.3 Å². The molecule has 1 aromatic heterocycles. The monoisotopic (exact) mass is 514 g/mol. The van der Waals surface area contributed by atoms with E-state index < -0.39 is 10.0 Å². The SMILES string of the molecule is COc1ccc(S(=O)(=O)N(C)c2ccc3sc(C(=O)NCCC4=CCCCC4)cc3c2)cc1OC. The zero-order chi connectivity index (χ0) is 25.0. The number of hydrogen-bond donors (Lipinski definition) is 1. The summed E-state index contributed by atoms with van der Waals surface area (Å²) in [5, 5.41) is 3.83. The summed E-state index contributed by atoms with van der Waals surface area (Å²) in [7, 11) is 0.632. The highest BCUT2D eigenvalue weighted by Gasteiger charge is 2.24. The third-order valence-electron chi connectivity index (χ3n) is 6.22. The Morgan fingerprint density at radius 2 is 1.86 bits per heavy atom. The van der Waals surface area contributed by atoms with Crippen molar-refractivity contribution >= 4 is 43.0 Å². The summed E-state index contributed by atoms with van der Waals surface area (Å²) in [4.78, 5) is 13.4. The number of hydrogen-bond acceptors (Lipinski definition) is 6. The van der Waals surface area contributed by atoms with Gasteiger partial charge in [0.25, 0.3) is 15.9 Å². The molecule has 1 aliphatic rings. The summed E-state index contributed by atoms with van der Waals surface area (Å²) in [6.07, 6.45) is 7.93. The van der Waals surface area contributed by atoms with Gasteiger partial charge in [-0.05, 0) is 73.9 Å². The van der Waals surface area contributed by atoms with E-state index in [2.05, 4.69) is 11.4 Å². The highest BCUT2D eigenvalue weighted by Crippen LogP contribution is 2.34. The van der Waals surface area contributed by atoms with Gasteiger partial charge >= 0.3 is 0 Å². The summed E-state index contributed by atoms with van der Waals surface area (Å²) >= 11 is 1.40. The van der Waals surface area contributed by atoms with Gasteiger partial charge in [-0.25, -0.2) is 8.42 Å². The lowest BCUT2D eigenvalue weighted by molar-refractivity contribution is 0.0958. The van der Waals surface area contributed by atoms with Gasteiger partial charge in [0.05, 0.1) is 29.7 Å². The number of carbonyl (C=O) groups excluding carboxylic acids is 1. The molecule has 1 aliphatic carbocycles. The van der Waals surface area contributed by atoms with Crippen LogP contribution in [-0.4, -0.2) is 42.1 Å². The van der Waals surface area contributed by atoms with Crippen LogP contribution in [0.3, 0.4) is 0 Å². The van der Waals surface area contributed by atoms with Gasteiger partial charge in [-0.2, -0.15) is 0 Å². The number of anilines is 1. The molecule has 2 aromatic carbocycles. The maximum absolute atomic E-state index is 13.3. The normalized spacial score (nSPS) is 13.9. The molecule has 7 nitrogen and oxygen atoms in total. The lowest BCUT2D eigenvalue weighted by Crippen LogP contribution is -2.26. The third-order valence-corrected chi connectivity index (χ3v) is 9.11. The quantitative estimate of drug-likeness (QED) is 0.389. The number of sulfonamides is 1. The van der Waals surface area contributed by atoms with Crippen molar-refractivity contribution in [1.29, 1.82) is 0 Å². The summed E-state index contributed by atoms with van der Waals surface area (Å²) in [5.41, 5.74) is 1.93. The summed E-state index contributed by atoms with van der Waals surface area (Å²) < 4.78 is 39.1. The van der Waals surface area contributed by atoms with Gasteiger partial charge in [0.15, 0.2) is 11.5 Å². The van der Waals surface area contributed by atoms with Crippen LogP contribution < -0.4 is 19.1 Å². The molecule has 9 heteroatoms. The second-order valence-corrected chi connectivity index (χ2v) is 11.5. The van der Waals surface area contributed by atoms with Crippen molar-refractivity contribution in [2.45, 2.75) is 37.0 Å². The van der Waals surface area contributed by atoms with E-state index in [1.54, 1.807) is 18.2 Å². The molecule has 0 spiro atoms. The highest BCUT2D eigenvalue weighted by atomic mass is 32.2. The first-order valence-corrected chi connectivity index (χ1v) is 13.8. The van der Waals surface area contributed by atoms with Crippen LogP contribution in [0.15, 0.2) is 59.0 Å². The Labute approximate surface area is 210 Å². The van der Waals surface area contributed by atoms with E-state index in [1.807, 2.05) is 12.1 Å². The number of methoxy groups -OCH3 is 2. The first kappa shape index (κ1) is 25.1. The predicted octanol–water partition coefficient (Wildman–Crippen LogP) is 5.36. The van der Waals surface area contributed by atoms with Gasteiger partial charge in [0, 0.05) is 24.4 Å². The van der Waals surface area contributed by atoms with Crippen LogP contribution in [0, 0.1) is 0 Å². The molecule has 0 atom stereocenters. The number of rotatable bonds is 9. The summed E-state index contributed by atoms with van der Waals surface area (Å²) in [6.45, 7) is 0.621. The topological polar surface area (TPSA) is 84.9 Å². The molecule has 35 heavy (non-hydrogen) atoms. The molecule has 0 bridgehead atoms. The average molecular weight is 515 g/mol. The average Bonchev–Trinajstić information content (AvgIpc) is 3.32. The van der Waals surface area contributed by atoms with E-state index in [0.29, 0.717) is 28.6 Å². The van der Waals surface area contributed by atoms with Crippen molar-refractivity contribution in [3.05, 3.63) is 59.0 Å². The smallest absolute Gasteiger partial charge is 0.264 e. The number of nitrogens with one attached hydrogen (secondary N) is 1. The van der Waals surface area contributed by atoms with Gasteiger partial charge in [-0.1, -0.05) is 11.6 Å². The van der Waals surface area contributed by atoms with Gasteiger partial charge in [0.2, 0.25) is 0 Å². The number of carbonyl (C=O) groups is 1. The van der Waals surface area contributed by atoms with Crippen molar-refractivity contribution in [2.75, 3.05) is 32.1 Å². The number of allylic oxidation sites excluding steroid dienone is 1. The van der Waals surface area contributed by atoms with Crippen molar-refractivity contribution in [3.63, 3.8) is 0 Å². The lowest BCUT2D eigenvalue weighted by atomic mass is 9.97. The van der Waals surface area contributed by atoms with Crippen LogP contribution in [0.5, 0.6) is 11.5 Å². The zero-order valence-corrected chi connectivity index (χ0v) is 21.8. The fourth-order valence-corrected chi connectivity index (χ4v) is 6.33. The van der Waals surface area contributed by atoms with Crippen LogP contribution in [0.1, 0.15) is 41.8 Å². The number of ether oxygens (including phenoxy) is 2. The Morgan fingerprint density at radius 3 is 2.57 bits per heavy atom. The second kappa shape index (κ2) is 10.7. The number of nitrogens with zero attached hydrogens (tertiary/aromatic N) is 1. The molecule has 3 aromatic rings. The molecule has 1 amide bonds. The fraction of sp³-hybridized carbons (Fsp3) is 0.346. The minimum Gasteiger partial charge on any atom is -0.493 e. The van der Waals surface area contributed by atoms with Crippen LogP contribution in [0.4, 0.5) is 5.69 Å². The van der Waals surface area contributed by atoms with Crippen LogP contribution >= 0.6 is 11.3 Å². The molecule has 4 rings (SSSR count). The van der Waals surface area contributed by atoms with E-state index in [1.165, 1.54) is 67.5 Å². The first-order valence-electron chi connectivity index (χ1n) is 11.5. The Kier molecular flexibility index (Phi) is 7.66. The predicted molar refractivity (Wildman–Crippen MR) is 140 cm³/mol. The zero-order valence-electron chi connectivity index (χ0n) is 20.2. The van der Waals surface area contributed by atoms with Gasteiger partial charge in [-0.3, -0.25) is 9.10 Å². The molecule has 0 saturated carbocycles. The standard InChI is InChI=1S/C26H30N2O5S2/c1-28(35(30,31)21-10-11-22(32-2)23(17-21)33-3)20-9-12-24-19(15-20)16-25(34-24)26(29)27-14-13-18-7-5-4-6-8-18/h7,9-12,15-17H,4-6,8,13-14H2,1-3H3,(H,27,29). The Hall–Kier alpha value is -3.04.